The van der Waals surface area contributed by atoms with E-state index in [1.807, 2.05) is 22.9 Å². The van der Waals surface area contributed by atoms with E-state index in [4.69, 9.17) is 10.2 Å². The fourth-order valence-electron chi connectivity index (χ4n) is 1.13. The van der Waals surface area contributed by atoms with E-state index in [1.165, 1.54) is 15.1 Å². The van der Waals surface area contributed by atoms with Crippen molar-refractivity contribution < 1.29 is 29.3 Å². The molecule has 0 unspecified atom stereocenters. The van der Waals surface area contributed by atoms with Gasteiger partial charge in [0, 0.05) is 36.0 Å². The van der Waals surface area contributed by atoms with E-state index in [-0.39, 0.29) is 26.2 Å². The third-order valence-corrected chi connectivity index (χ3v) is 2.73. The van der Waals surface area contributed by atoms with Gasteiger partial charge in [0.2, 0.25) is 0 Å². The summed E-state index contributed by atoms with van der Waals surface area (Å²) in [5, 5.41) is 17.2. The van der Waals surface area contributed by atoms with Crippen LogP contribution in [0.3, 0.4) is 0 Å². The van der Waals surface area contributed by atoms with Crippen molar-refractivity contribution in [3.05, 3.63) is 0 Å². The van der Waals surface area contributed by atoms with Gasteiger partial charge in [-0.25, -0.2) is 3.11 Å². The Morgan fingerprint density at radius 2 is 1.61 bits per heavy atom. The number of hydrogen-bond acceptors (Lipinski definition) is 6. The molecule has 0 bridgehead atoms. The van der Waals surface area contributed by atoms with E-state index in [2.05, 4.69) is 4.74 Å². The first kappa shape index (κ1) is 17.1. The van der Waals surface area contributed by atoms with Crippen LogP contribution in [0.25, 0.3) is 0 Å². The van der Waals surface area contributed by atoms with Gasteiger partial charge in [0.15, 0.2) is 0 Å². The smallest absolute Gasteiger partial charge is 0.319 e. The first-order valence-corrected chi connectivity index (χ1v) is 5.95. The molecule has 0 amide bonds. The van der Waals surface area contributed by atoms with Gasteiger partial charge >= 0.3 is 17.9 Å². The number of methoxy groups -OCH3 is 1. The fraction of sp³-hybridized carbons (Fsp3) is 0.667. The zero-order valence-electron chi connectivity index (χ0n) is 9.84. The SMILES string of the molecule is COC(=O)CN(CCN(I)CC(=O)O)CC(=O)O. The van der Waals surface area contributed by atoms with Gasteiger partial charge in [-0.05, 0) is 0 Å². The molecular formula is C9H15IN2O6. The van der Waals surface area contributed by atoms with Crippen LogP contribution in [0.5, 0.6) is 0 Å². The Kier molecular flexibility index (Phi) is 8.58. The van der Waals surface area contributed by atoms with Gasteiger partial charge in [-0.3, -0.25) is 19.3 Å². The molecule has 0 saturated carbocycles. The summed E-state index contributed by atoms with van der Waals surface area (Å²) in [6.07, 6.45) is 0. The number of halogens is 1. The Hall–Kier alpha value is -0.940. The lowest BCUT2D eigenvalue weighted by atomic mass is 10.4. The number of carboxylic acids is 2. The summed E-state index contributed by atoms with van der Waals surface area (Å²) in [5.74, 6) is -2.56. The first-order chi connectivity index (χ1) is 8.35. The number of carbonyl (C=O) groups is 3. The molecule has 0 radical (unpaired) electrons. The number of carboxylic acid groups (broad SMARTS) is 2. The standard InChI is InChI=1S/C9H15IN2O6/c1-18-9(17)6-11(4-7(13)14)2-3-12(10)5-8(15)16/h2-6H2,1H3,(H,13,14)(H,15,16). The van der Waals surface area contributed by atoms with Crippen molar-refractivity contribution in [2.45, 2.75) is 0 Å². The van der Waals surface area contributed by atoms with Crippen molar-refractivity contribution in [3.63, 3.8) is 0 Å². The zero-order valence-corrected chi connectivity index (χ0v) is 12.0. The van der Waals surface area contributed by atoms with Crippen LogP contribution < -0.4 is 0 Å². The lowest BCUT2D eigenvalue weighted by Gasteiger charge is -2.21. The molecule has 2 N–H and O–H groups in total. The van der Waals surface area contributed by atoms with E-state index >= 15 is 0 Å². The minimum Gasteiger partial charge on any atom is -0.480 e. The normalized spacial score (nSPS) is 10.7. The topological polar surface area (TPSA) is 107 Å². The van der Waals surface area contributed by atoms with Gasteiger partial charge in [-0.2, -0.15) is 0 Å². The van der Waals surface area contributed by atoms with Crippen molar-refractivity contribution in [3.8, 4) is 0 Å². The number of ether oxygens (including phenoxy) is 1. The van der Waals surface area contributed by atoms with Crippen molar-refractivity contribution >= 4 is 40.8 Å². The highest BCUT2D eigenvalue weighted by Gasteiger charge is 2.15. The second kappa shape index (κ2) is 9.05. The molecule has 0 aromatic heterocycles. The minimum atomic E-state index is -1.06. The monoisotopic (exact) mass is 374 g/mol. The summed E-state index contributed by atoms with van der Waals surface area (Å²) in [4.78, 5) is 33.5. The molecule has 0 aliphatic carbocycles. The number of rotatable bonds is 9. The van der Waals surface area contributed by atoms with Gasteiger partial charge in [0.25, 0.3) is 0 Å². The molecule has 0 rings (SSSR count). The molecule has 0 aromatic carbocycles. The maximum atomic E-state index is 11.1. The van der Waals surface area contributed by atoms with Crippen molar-refractivity contribution in [1.82, 2.24) is 8.01 Å². The molecule has 104 valence electrons. The Labute approximate surface area is 118 Å². The summed E-state index contributed by atoms with van der Waals surface area (Å²) >= 11 is 1.83. The van der Waals surface area contributed by atoms with Crippen LogP contribution in [0.1, 0.15) is 0 Å². The van der Waals surface area contributed by atoms with E-state index in [0.29, 0.717) is 6.54 Å². The van der Waals surface area contributed by atoms with Crippen LogP contribution in [0.4, 0.5) is 0 Å². The molecular weight excluding hydrogens is 359 g/mol. The van der Waals surface area contributed by atoms with Crippen molar-refractivity contribution in [1.29, 1.82) is 0 Å². The summed E-state index contributed by atoms with van der Waals surface area (Å²) in [7, 11) is 1.22. The van der Waals surface area contributed by atoms with E-state index in [0.717, 1.165) is 0 Å². The largest absolute Gasteiger partial charge is 0.480 e. The van der Waals surface area contributed by atoms with E-state index in [1.54, 1.807) is 0 Å². The Morgan fingerprint density at radius 3 is 2.06 bits per heavy atom. The van der Waals surface area contributed by atoms with Crippen LogP contribution in [0, 0.1) is 0 Å². The third-order valence-electron chi connectivity index (χ3n) is 1.90. The maximum absolute atomic E-state index is 11.1. The van der Waals surface area contributed by atoms with Crippen LogP contribution in [0.15, 0.2) is 0 Å². The first-order valence-electron chi connectivity index (χ1n) is 4.98. The average Bonchev–Trinajstić information content (AvgIpc) is 2.24. The molecule has 0 aliphatic heterocycles. The molecule has 0 spiro atoms. The number of esters is 1. The minimum absolute atomic E-state index is 0.139. The third kappa shape index (κ3) is 9.13. The number of nitrogens with zero attached hydrogens (tertiary/aromatic N) is 2. The molecule has 9 heteroatoms. The Bertz CT molecular complexity index is 311. The number of aliphatic carboxylic acids is 2. The fourth-order valence-corrected chi connectivity index (χ4v) is 1.64. The van der Waals surface area contributed by atoms with E-state index in [9.17, 15) is 14.4 Å². The van der Waals surface area contributed by atoms with Crippen LogP contribution in [0.2, 0.25) is 0 Å². The van der Waals surface area contributed by atoms with Crippen LogP contribution in [-0.4, -0.2) is 76.0 Å². The molecule has 0 saturated heterocycles. The molecule has 8 nitrogen and oxygen atoms in total. The van der Waals surface area contributed by atoms with Crippen molar-refractivity contribution in [2.75, 3.05) is 39.8 Å². The molecule has 0 heterocycles. The number of carbonyl (C=O) groups excluding carboxylic acids is 1. The highest BCUT2D eigenvalue weighted by molar-refractivity contribution is 14.1. The Morgan fingerprint density at radius 1 is 1.06 bits per heavy atom. The van der Waals surface area contributed by atoms with Gasteiger partial charge in [-0.15, -0.1) is 0 Å². The predicted molar refractivity (Wildman–Crippen MR) is 69.3 cm³/mol. The lowest BCUT2D eigenvalue weighted by Crippen LogP contribution is -2.39. The summed E-state index contributed by atoms with van der Waals surface area (Å²) in [6.45, 7) is 0.00144. The molecule has 0 aromatic rings. The summed E-state index contributed by atoms with van der Waals surface area (Å²) in [6, 6.07) is 0. The maximum Gasteiger partial charge on any atom is 0.319 e. The second-order valence-corrected chi connectivity index (χ2v) is 4.78. The van der Waals surface area contributed by atoms with Crippen LogP contribution >= 0.6 is 22.9 Å². The molecule has 18 heavy (non-hydrogen) atoms. The van der Waals surface area contributed by atoms with E-state index < -0.39 is 17.9 Å². The van der Waals surface area contributed by atoms with Crippen molar-refractivity contribution in [2.24, 2.45) is 0 Å². The second-order valence-electron chi connectivity index (χ2n) is 3.42. The molecule has 0 fully saturated rings. The van der Waals surface area contributed by atoms with Gasteiger partial charge in [0.1, 0.15) is 6.54 Å². The van der Waals surface area contributed by atoms with Gasteiger partial charge < -0.3 is 14.9 Å². The predicted octanol–water partition coefficient (Wildman–Crippen LogP) is -0.717. The lowest BCUT2D eigenvalue weighted by molar-refractivity contribution is -0.144. The highest BCUT2D eigenvalue weighted by Crippen LogP contribution is 1.99. The average molecular weight is 374 g/mol. The number of hydrogen-bond donors (Lipinski definition) is 2. The summed E-state index contributed by atoms with van der Waals surface area (Å²) in [5.41, 5.74) is 0. The summed E-state index contributed by atoms with van der Waals surface area (Å²) < 4.78 is 5.94. The molecule has 0 atom stereocenters. The molecule has 0 aliphatic rings. The zero-order chi connectivity index (χ0) is 14.1. The highest BCUT2D eigenvalue weighted by atomic mass is 127. The van der Waals surface area contributed by atoms with Gasteiger partial charge in [-0.1, -0.05) is 0 Å². The van der Waals surface area contributed by atoms with Crippen LogP contribution in [-0.2, 0) is 19.1 Å². The Balaban J connectivity index is 4.18. The van der Waals surface area contributed by atoms with Gasteiger partial charge in [0.05, 0.1) is 20.2 Å². The quantitative estimate of drug-likeness (QED) is 0.310.